The maximum atomic E-state index is 6.30. The van der Waals surface area contributed by atoms with Gasteiger partial charge in [0.2, 0.25) is 0 Å². The van der Waals surface area contributed by atoms with Crippen LogP contribution in [0.5, 0.6) is 0 Å². The zero-order valence-electron chi connectivity index (χ0n) is 9.60. The zero-order chi connectivity index (χ0) is 10.2. The molecule has 2 saturated carbocycles. The number of nitrogens with one attached hydrogen (secondary N) is 1. The van der Waals surface area contributed by atoms with Gasteiger partial charge in [-0.15, -0.1) is 0 Å². The molecule has 2 rings (SSSR count). The SMILES string of the molecule is CCC1(NCC(C)(N)C2CC2)CCC1. The minimum atomic E-state index is 0.0394. The fourth-order valence-electron chi connectivity index (χ4n) is 2.52. The number of rotatable bonds is 5. The Bertz CT molecular complexity index is 195. The van der Waals surface area contributed by atoms with Crippen LogP contribution in [0.4, 0.5) is 0 Å². The molecule has 0 saturated heterocycles. The van der Waals surface area contributed by atoms with Gasteiger partial charge in [-0.2, -0.15) is 0 Å². The standard InChI is InChI=1S/C12H24N2/c1-3-12(7-4-8-12)14-9-11(2,13)10-5-6-10/h10,14H,3-9,13H2,1-2H3. The van der Waals surface area contributed by atoms with Crippen LogP contribution >= 0.6 is 0 Å². The molecule has 1 unspecified atom stereocenters. The van der Waals surface area contributed by atoms with Gasteiger partial charge in [-0.1, -0.05) is 6.92 Å². The summed E-state index contributed by atoms with van der Waals surface area (Å²) in [5.74, 6) is 0.781. The van der Waals surface area contributed by atoms with E-state index in [0.717, 1.165) is 12.5 Å². The van der Waals surface area contributed by atoms with E-state index in [0.29, 0.717) is 5.54 Å². The lowest BCUT2D eigenvalue weighted by atomic mass is 9.74. The van der Waals surface area contributed by atoms with Gasteiger partial charge in [0, 0.05) is 17.6 Å². The summed E-state index contributed by atoms with van der Waals surface area (Å²) in [5.41, 5.74) is 6.79. The quantitative estimate of drug-likeness (QED) is 0.706. The highest BCUT2D eigenvalue weighted by molar-refractivity contribution is 5.01. The van der Waals surface area contributed by atoms with Gasteiger partial charge in [0.1, 0.15) is 0 Å². The molecule has 0 aromatic carbocycles. The molecule has 2 heteroatoms. The monoisotopic (exact) mass is 196 g/mol. The first-order valence-electron chi connectivity index (χ1n) is 6.12. The van der Waals surface area contributed by atoms with Crippen LogP contribution in [0.3, 0.4) is 0 Å². The van der Waals surface area contributed by atoms with Gasteiger partial charge >= 0.3 is 0 Å². The number of hydrogen-bond acceptors (Lipinski definition) is 2. The van der Waals surface area contributed by atoms with Crippen molar-refractivity contribution in [3.05, 3.63) is 0 Å². The van der Waals surface area contributed by atoms with E-state index in [1.807, 2.05) is 0 Å². The molecule has 2 aliphatic carbocycles. The third-order valence-corrected chi connectivity index (χ3v) is 4.34. The molecule has 0 aromatic rings. The lowest BCUT2D eigenvalue weighted by Crippen LogP contribution is -2.58. The highest BCUT2D eigenvalue weighted by Crippen LogP contribution is 2.39. The lowest BCUT2D eigenvalue weighted by molar-refractivity contribution is 0.161. The Labute approximate surface area is 87.6 Å². The molecule has 14 heavy (non-hydrogen) atoms. The highest BCUT2D eigenvalue weighted by atomic mass is 15.0. The van der Waals surface area contributed by atoms with Gasteiger partial charge < -0.3 is 11.1 Å². The Morgan fingerprint density at radius 3 is 2.43 bits per heavy atom. The summed E-state index contributed by atoms with van der Waals surface area (Å²) in [6, 6.07) is 0. The van der Waals surface area contributed by atoms with Crippen LogP contribution in [-0.4, -0.2) is 17.6 Å². The van der Waals surface area contributed by atoms with Crippen molar-refractivity contribution in [2.75, 3.05) is 6.54 Å². The van der Waals surface area contributed by atoms with E-state index >= 15 is 0 Å². The molecule has 2 fully saturated rings. The summed E-state index contributed by atoms with van der Waals surface area (Å²) < 4.78 is 0. The van der Waals surface area contributed by atoms with E-state index in [4.69, 9.17) is 5.73 Å². The molecule has 2 nitrogen and oxygen atoms in total. The van der Waals surface area contributed by atoms with Crippen molar-refractivity contribution in [2.45, 2.75) is 63.5 Å². The topological polar surface area (TPSA) is 38.0 Å². The molecule has 0 amide bonds. The lowest BCUT2D eigenvalue weighted by Gasteiger charge is -2.44. The van der Waals surface area contributed by atoms with Crippen LogP contribution in [0.15, 0.2) is 0 Å². The minimum absolute atomic E-state index is 0.0394. The summed E-state index contributed by atoms with van der Waals surface area (Å²) in [6.07, 6.45) is 8.04. The molecule has 82 valence electrons. The Kier molecular flexibility index (Phi) is 2.61. The molecule has 0 bridgehead atoms. The first kappa shape index (κ1) is 10.4. The molecule has 0 aliphatic heterocycles. The van der Waals surface area contributed by atoms with Gasteiger partial charge in [0.25, 0.3) is 0 Å². The van der Waals surface area contributed by atoms with Crippen molar-refractivity contribution in [3.8, 4) is 0 Å². The Balaban J connectivity index is 1.80. The summed E-state index contributed by atoms with van der Waals surface area (Å²) >= 11 is 0. The summed E-state index contributed by atoms with van der Waals surface area (Å²) in [7, 11) is 0. The van der Waals surface area contributed by atoms with Crippen molar-refractivity contribution in [2.24, 2.45) is 11.7 Å². The molecule has 0 radical (unpaired) electrons. The Hall–Kier alpha value is -0.0800. The second-order valence-corrected chi connectivity index (χ2v) is 5.62. The van der Waals surface area contributed by atoms with Crippen molar-refractivity contribution in [1.82, 2.24) is 5.32 Å². The third-order valence-electron chi connectivity index (χ3n) is 4.34. The van der Waals surface area contributed by atoms with Gasteiger partial charge in [-0.3, -0.25) is 0 Å². The molecular weight excluding hydrogens is 172 g/mol. The molecule has 3 N–H and O–H groups in total. The van der Waals surface area contributed by atoms with Gasteiger partial charge in [-0.25, -0.2) is 0 Å². The predicted molar refractivity (Wildman–Crippen MR) is 60.2 cm³/mol. The molecule has 2 aliphatic rings. The average molecular weight is 196 g/mol. The van der Waals surface area contributed by atoms with Crippen molar-refractivity contribution >= 4 is 0 Å². The van der Waals surface area contributed by atoms with E-state index in [1.165, 1.54) is 38.5 Å². The van der Waals surface area contributed by atoms with E-state index in [2.05, 4.69) is 19.2 Å². The highest BCUT2D eigenvalue weighted by Gasteiger charge is 2.41. The minimum Gasteiger partial charge on any atom is -0.324 e. The fourth-order valence-corrected chi connectivity index (χ4v) is 2.52. The van der Waals surface area contributed by atoms with Gasteiger partial charge in [0.05, 0.1) is 0 Å². The van der Waals surface area contributed by atoms with Gasteiger partial charge in [-0.05, 0) is 51.4 Å². The summed E-state index contributed by atoms with van der Waals surface area (Å²) in [6.45, 7) is 5.50. The second-order valence-electron chi connectivity index (χ2n) is 5.62. The van der Waals surface area contributed by atoms with Crippen LogP contribution in [0.1, 0.15) is 52.4 Å². The Morgan fingerprint density at radius 2 is 2.07 bits per heavy atom. The molecule has 1 atom stereocenters. The van der Waals surface area contributed by atoms with E-state index < -0.39 is 0 Å². The van der Waals surface area contributed by atoms with Crippen LogP contribution in [0, 0.1) is 5.92 Å². The van der Waals surface area contributed by atoms with Crippen molar-refractivity contribution < 1.29 is 0 Å². The molecule has 0 aromatic heterocycles. The smallest absolute Gasteiger partial charge is 0.0281 e. The zero-order valence-corrected chi connectivity index (χ0v) is 9.60. The average Bonchev–Trinajstić information content (AvgIpc) is 2.85. The maximum Gasteiger partial charge on any atom is 0.0281 e. The number of hydrogen-bond donors (Lipinski definition) is 2. The van der Waals surface area contributed by atoms with Crippen LogP contribution in [-0.2, 0) is 0 Å². The van der Waals surface area contributed by atoms with Crippen LogP contribution in [0.25, 0.3) is 0 Å². The molecular formula is C12H24N2. The van der Waals surface area contributed by atoms with Crippen LogP contribution < -0.4 is 11.1 Å². The first-order valence-corrected chi connectivity index (χ1v) is 6.12. The van der Waals surface area contributed by atoms with Crippen molar-refractivity contribution in [3.63, 3.8) is 0 Å². The summed E-state index contributed by atoms with van der Waals surface area (Å²) in [5, 5.41) is 3.72. The predicted octanol–water partition coefficient (Wildman–Crippen LogP) is 2.04. The van der Waals surface area contributed by atoms with Gasteiger partial charge in [0.15, 0.2) is 0 Å². The Morgan fingerprint density at radius 1 is 1.43 bits per heavy atom. The molecule has 0 spiro atoms. The van der Waals surface area contributed by atoms with E-state index in [9.17, 15) is 0 Å². The first-order chi connectivity index (χ1) is 6.58. The van der Waals surface area contributed by atoms with E-state index in [-0.39, 0.29) is 5.54 Å². The molecule has 0 heterocycles. The van der Waals surface area contributed by atoms with E-state index in [1.54, 1.807) is 0 Å². The summed E-state index contributed by atoms with van der Waals surface area (Å²) in [4.78, 5) is 0. The largest absolute Gasteiger partial charge is 0.324 e. The maximum absolute atomic E-state index is 6.30. The number of nitrogens with two attached hydrogens (primary N) is 1. The van der Waals surface area contributed by atoms with Crippen molar-refractivity contribution in [1.29, 1.82) is 0 Å². The second kappa shape index (κ2) is 3.49. The fraction of sp³-hybridized carbons (Fsp3) is 1.00. The third kappa shape index (κ3) is 1.96. The van der Waals surface area contributed by atoms with Crippen LogP contribution in [0.2, 0.25) is 0 Å². The normalized spacial score (nSPS) is 29.4.